The Morgan fingerprint density at radius 1 is 1.20 bits per heavy atom. The molecule has 0 bridgehead atoms. The Bertz CT molecular complexity index is 820. The van der Waals surface area contributed by atoms with Crippen LogP contribution in [0.1, 0.15) is 10.4 Å². The Morgan fingerprint density at radius 2 is 1.96 bits per heavy atom. The van der Waals surface area contributed by atoms with Crippen molar-refractivity contribution < 1.29 is 14.5 Å². The summed E-state index contributed by atoms with van der Waals surface area (Å²) in [5, 5.41) is 16.3. The number of nitro benzene ring substituents is 1. The molecular weight excluding hydrogens is 324 g/mol. The lowest BCUT2D eigenvalue weighted by Crippen LogP contribution is -2.47. The molecule has 2 amide bonds. The van der Waals surface area contributed by atoms with Crippen molar-refractivity contribution in [2.45, 2.75) is 0 Å². The monoisotopic (exact) mass is 340 g/mol. The van der Waals surface area contributed by atoms with Crippen molar-refractivity contribution in [2.24, 2.45) is 0 Å². The third-order valence-corrected chi connectivity index (χ3v) is 3.85. The van der Waals surface area contributed by atoms with Gasteiger partial charge in [-0.1, -0.05) is 6.07 Å². The molecular formula is C17H16N4O4. The first-order valence-electron chi connectivity index (χ1n) is 7.70. The van der Waals surface area contributed by atoms with E-state index in [0.29, 0.717) is 18.8 Å². The third kappa shape index (κ3) is 3.92. The molecule has 8 nitrogen and oxygen atoms in total. The van der Waals surface area contributed by atoms with Gasteiger partial charge in [0.2, 0.25) is 5.91 Å². The molecule has 2 aromatic carbocycles. The smallest absolute Gasteiger partial charge is 0.270 e. The van der Waals surface area contributed by atoms with Gasteiger partial charge in [0.15, 0.2) is 0 Å². The number of hydrogen-bond donors (Lipinski definition) is 2. The fourth-order valence-electron chi connectivity index (χ4n) is 2.58. The Morgan fingerprint density at radius 3 is 2.64 bits per heavy atom. The van der Waals surface area contributed by atoms with Gasteiger partial charge in [0.05, 0.1) is 11.5 Å². The minimum absolute atomic E-state index is 0.0192. The summed E-state index contributed by atoms with van der Waals surface area (Å²) in [6.45, 7) is 1.63. The van der Waals surface area contributed by atoms with Crippen LogP contribution in [0.3, 0.4) is 0 Å². The second-order valence-electron chi connectivity index (χ2n) is 5.58. The van der Waals surface area contributed by atoms with E-state index < -0.39 is 10.8 Å². The van der Waals surface area contributed by atoms with Crippen LogP contribution in [0, 0.1) is 10.1 Å². The van der Waals surface area contributed by atoms with Crippen LogP contribution in [0.4, 0.5) is 17.1 Å². The van der Waals surface area contributed by atoms with Gasteiger partial charge in [-0.05, 0) is 30.3 Å². The lowest BCUT2D eigenvalue weighted by molar-refractivity contribution is -0.384. The van der Waals surface area contributed by atoms with Gasteiger partial charge in [-0.25, -0.2) is 0 Å². The summed E-state index contributed by atoms with van der Waals surface area (Å²) in [4.78, 5) is 35.8. The van der Waals surface area contributed by atoms with E-state index in [1.807, 2.05) is 17.0 Å². The number of anilines is 2. The van der Waals surface area contributed by atoms with Gasteiger partial charge in [0.1, 0.15) is 0 Å². The highest BCUT2D eigenvalue weighted by Gasteiger charge is 2.16. The molecule has 0 spiro atoms. The third-order valence-electron chi connectivity index (χ3n) is 3.85. The van der Waals surface area contributed by atoms with E-state index in [9.17, 15) is 19.7 Å². The van der Waals surface area contributed by atoms with E-state index in [1.54, 1.807) is 12.1 Å². The maximum Gasteiger partial charge on any atom is 0.270 e. The molecule has 25 heavy (non-hydrogen) atoms. The summed E-state index contributed by atoms with van der Waals surface area (Å²) in [5.41, 5.74) is 1.54. The first-order valence-corrected chi connectivity index (χ1v) is 7.70. The lowest BCUT2D eigenvalue weighted by Gasteiger charge is -2.28. The minimum atomic E-state index is -0.541. The van der Waals surface area contributed by atoms with E-state index in [0.717, 1.165) is 12.2 Å². The fraction of sp³-hybridized carbons (Fsp3) is 0.176. The van der Waals surface area contributed by atoms with Crippen molar-refractivity contribution in [1.82, 2.24) is 5.32 Å². The number of nitrogens with one attached hydrogen (secondary N) is 2. The molecule has 1 aliphatic heterocycles. The van der Waals surface area contributed by atoms with Crippen molar-refractivity contribution in [2.75, 3.05) is 29.9 Å². The second kappa shape index (κ2) is 7.00. The van der Waals surface area contributed by atoms with Gasteiger partial charge in [0.25, 0.3) is 11.6 Å². The number of non-ortho nitro benzene ring substituents is 1. The molecule has 1 saturated heterocycles. The van der Waals surface area contributed by atoms with Crippen molar-refractivity contribution in [1.29, 1.82) is 0 Å². The Labute approximate surface area is 143 Å². The fourth-order valence-corrected chi connectivity index (χ4v) is 2.58. The molecule has 0 atom stereocenters. The number of rotatable bonds is 4. The Balaban J connectivity index is 1.68. The number of piperazine rings is 1. The molecule has 1 fully saturated rings. The predicted octanol–water partition coefficient (Wildman–Crippen LogP) is 1.78. The molecule has 1 heterocycles. The molecule has 128 valence electrons. The quantitative estimate of drug-likeness (QED) is 0.652. The van der Waals surface area contributed by atoms with Crippen LogP contribution in [-0.2, 0) is 4.79 Å². The first kappa shape index (κ1) is 16.4. The van der Waals surface area contributed by atoms with E-state index in [2.05, 4.69) is 10.6 Å². The lowest BCUT2D eigenvalue weighted by atomic mass is 10.2. The van der Waals surface area contributed by atoms with Crippen LogP contribution in [0.5, 0.6) is 0 Å². The number of nitrogens with zero attached hydrogens (tertiary/aromatic N) is 2. The maximum atomic E-state index is 12.2. The topological polar surface area (TPSA) is 105 Å². The number of hydrogen-bond acceptors (Lipinski definition) is 5. The van der Waals surface area contributed by atoms with E-state index in [-0.39, 0.29) is 17.2 Å². The normalized spacial score (nSPS) is 13.9. The van der Waals surface area contributed by atoms with Crippen LogP contribution in [0.15, 0.2) is 48.5 Å². The van der Waals surface area contributed by atoms with Gasteiger partial charge in [0, 0.05) is 42.2 Å². The summed E-state index contributed by atoms with van der Waals surface area (Å²) >= 11 is 0. The van der Waals surface area contributed by atoms with Crippen molar-refractivity contribution in [3.63, 3.8) is 0 Å². The van der Waals surface area contributed by atoms with Gasteiger partial charge < -0.3 is 15.5 Å². The highest BCUT2D eigenvalue weighted by Crippen LogP contribution is 2.20. The first-order chi connectivity index (χ1) is 12.0. The summed E-state index contributed by atoms with van der Waals surface area (Å²) < 4.78 is 0. The summed E-state index contributed by atoms with van der Waals surface area (Å²) in [6, 6.07) is 12.7. The number of carbonyl (C=O) groups is 2. The van der Waals surface area contributed by atoms with E-state index >= 15 is 0 Å². The number of amides is 2. The van der Waals surface area contributed by atoms with Crippen LogP contribution < -0.4 is 15.5 Å². The molecule has 0 radical (unpaired) electrons. The van der Waals surface area contributed by atoms with Gasteiger partial charge >= 0.3 is 0 Å². The summed E-state index contributed by atoms with van der Waals surface area (Å²) in [6.07, 6.45) is 0. The van der Waals surface area contributed by atoms with Crippen LogP contribution in [-0.4, -0.2) is 36.4 Å². The van der Waals surface area contributed by atoms with E-state index in [4.69, 9.17) is 0 Å². The highest BCUT2D eigenvalue weighted by molar-refractivity contribution is 6.04. The molecule has 2 aromatic rings. The largest absolute Gasteiger partial charge is 0.360 e. The highest BCUT2D eigenvalue weighted by atomic mass is 16.6. The standard InChI is InChI=1S/C17H16N4O4/c22-16-11-20(9-8-18-16)14-6-4-13(5-7-14)19-17(23)12-2-1-3-15(10-12)21(24)25/h1-7,10H,8-9,11H2,(H,18,22)(H,19,23). The maximum absolute atomic E-state index is 12.2. The zero-order chi connectivity index (χ0) is 17.8. The zero-order valence-corrected chi connectivity index (χ0v) is 13.3. The average molecular weight is 340 g/mol. The molecule has 2 N–H and O–H groups in total. The average Bonchev–Trinajstić information content (AvgIpc) is 2.62. The van der Waals surface area contributed by atoms with Crippen molar-refractivity contribution in [3.8, 4) is 0 Å². The molecule has 3 rings (SSSR count). The second-order valence-corrected chi connectivity index (χ2v) is 5.58. The van der Waals surface area contributed by atoms with Gasteiger partial charge in [-0.2, -0.15) is 0 Å². The summed E-state index contributed by atoms with van der Waals surface area (Å²) in [7, 11) is 0. The van der Waals surface area contributed by atoms with Crippen molar-refractivity contribution in [3.05, 3.63) is 64.2 Å². The molecule has 8 heteroatoms. The number of benzene rings is 2. The molecule has 0 aliphatic carbocycles. The molecule has 0 aromatic heterocycles. The molecule has 0 saturated carbocycles. The van der Waals surface area contributed by atoms with Crippen LogP contribution >= 0.6 is 0 Å². The van der Waals surface area contributed by atoms with E-state index in [1.165, 1.54) is 24.3 Å². The SMILES string of the molecule is O=C1CN(c2ccc(NC(=O)c3cccc([N+](=O)[O-])c3)cc2)CCN1. The molecule has 1 aliphatic rings. The Hall–Kier alpha value is -3.42. The van der Waals surface area contributed by atoms with Crippen LogP contribution in [0.2, 0.25) is 0 Å². The predicted molar refractivity (Wildman–Crippen MR) is 92.7 cm³/mol. The number of nitro groups is 1. The Kier molecular flexibility index (Phi) is 4.60. The minimum Gasteiger partial charge on any atom is -0.360 e. The van der Waals surface area contributed by atoms with Gasteiger partial charge in [-0.3, -0.25) is 19.7 Å². The van der Waals surface area contributed by atoms with Crippen molar-refractivity contribution >= 4 is 28.9 Å². The number of carbonyl (C=O) groups excluding carboxylic acids is 2. The van der Waals surface area contributed by atoms with Gasteiger partial charge in [-0.15, -0.1) is 0 Å². The zero-order valence-electron chi connectivity index (χ0n) is 13.3. The van der Waals surface area contributed by atoms with Crippen LogP contribution in [0.25, 0.3) is 0 Å². The summed E-state index contributed by atoms with van der Waals surface area (Å²) in [5.74, 6) is -0.442. The molecule has 0 unspecified atom stereocenters.